The van der Waals surface area contributed by atoms with Crippen LogP contribution in [0.15, 0.2) is 35.4 Å². The van der Waals surface area contributed by atoms with E-state index in [1.165, 1.54) is 7.11 Å². The van der Waals surface area contributed by atoms with E-state index in [4.69, 9.17) is 14.6 Å². The van der Waals surface area contributed by atoms with Crippen LogP contribution in [0.1, 0.15) is 44.1 Å². The summed E-state index contributed by atoms with van der Waals surface area (Å²) in [7, 11) is 3.24. The Morgan fingerprint density at radius 3 is 2.69 bits per heavy atom. The molecule has 0 bridgehead atoms. The smallest absolute Gasteiger partial charge is 0.308 e. The zero-order chi connectivity index (χ0) is 18.4. The number of esters is 1. The molecule has 1 heterocycles. The molecule has 5 heteroatoms. The number of carbonyl (C=O) groups is 1. The third-order valence-corrected chi connectivity index (χ3v) is 5.68. The molecular weight excluding hydrogens is 328 g/mol. The Bertz CT molecular complexity index is 617. The molecular formula is C21H30N2O3. The van der Waals surface area contributed by atoms with Gasteiger partial charge in [-0.25, -0.2) is 0 Å². The summed E-state index contributed by atoms with van der Waals surface area (Å²) in [5.41, 5.74) is 2.22. The Morgan fingerprint density at radius 2 is 1.96 bits per heavy atom. The van der Waals surface area contributed by atoms with E-state index in [2.05, 4.69) is 17.1 Å². The molecule has 26 heavy (non-hydrogen) atoms. The standard InChI is InChI=1S/C21H30N2O3/c1-25-15-18-11-7-13-23(18)22-20(16-8-4-3-5-9-16)14-17-10-6-12-19(17)21(24)26-2/h3-5,8-9,17-19H,6-7,10-15H2,1-2H3/b22-20+/t17-,18+,19+/m1/s1. The summed E-state index contributed by atoms with van der Waals surface area (Å²) in [5, 5.41) is 7.24. The highest BCUT2D eigenvalue weighted by molar-refractivity contribution is 6.00. The lowest BCUT2D eigenvalue weighted by Gasteiger charge is -2.24. The summed E-state index contributed by atoms with van der Waals surface area (Å²) < 4.78 is 10.4. The van der Waals surface area contributed by atoms with E-state index in [9.17, 15) is 4.79 Å². The maximum absolute atomic E-state index is 12.1. The predicted octanol–water partition coefficient (Wildman–Crippen LogP) is 3.48. The Kier molecular flexibility index (Phi) is 6.67. The summed E-state index contributed by atoms with van der Waals surface area (Å²) in [6, 6.07) is 10.7. The van der Waals surface area contributed by atoms with Gasteiger partial charge in [0.1, 0.15) is 0 Å². The van der Waals surface area contributed by atoms with Crippen LogP contribution in [-0.4, -0.2) is 50.1 Å². The molecule has 1 saturated carbocycles. The number of nitrogens with zero attached hydrogens (tertiary/aromatic N) is 2. The average Bonchev–Trinajstić information content (AvgIpc) is 3.31. The van der Waals surface area contributed by atoms with Gasteiger partial charge in [-0.2, -0.15) is 5.10 Å². The number of ether oxygens (including phenoxy) is 2. The minimum absolute atomic E-state index is 0.00209. The van der Waals surface area contributed by atoms with Gasteiger partial charge in [0.05, 0.1) is 31.4 Å². The Balaban J connectivity index is 1.82. The maximum atomic E-state index is 12.1. The molecule has 0 unspecified atom stereocenters. The number of benzene rings is 1. The lowest BCUT2D eigenvalue weighted by molar-refractivity contribution is -0.146. The minimum atomic E-state index is -0.0710. The molecule has 2 aliphatic rings. The highest BCUT2D eigenvalue weighted by atomic mass is 16.5. The van der Waals surface area contributed by atoms with Gasteiger partial charge in [-0.05, 0) is 43.6 Å². The summed E-state index contributed by atoms with van der Waals surface area (Å²) in [6.07, 6.45) is 6.16. The van der Waals surface area contributed by atoms with Crippen molar-refractivity contribution < 1.29 is 14.3 Å². The zero-order valence-electron chi connectivity index (χ0n) is 15.9. The molecule has 1 aliphatic heterocycles. The summed E-state index contributed by atoms with van der Waals surface area (Å²) in [5.74, 6) is 0.241. The molecule has 1 aliphatic carbocycles. The fourth-order valence-corrected chi connectivity index (χ4v) is 4.31. The van der Waals surface area contributed by atoms with Gasteiger partial charge < -0.3 is 9.47 Å². The monoisotopic (exact) mass is 358 g/mol. The fraction of sp³-hybridized carbons (Fsp3) is 0.619. The van der Waals surface area contributed by atoms with E-state index in [0.29, 0.717) is 18.6 Å². The van der Waals surface area contributed by atoms with E-state index in [0.717, 1.165) is 56.3 Å². The van der Waals surface area contributed by atoms with E-state index >= 15 is 0 Å². The molecule has 3 rings (SSSR count). The Morgan fingerprint density at radius 1 is 1.15 bits per heavy atom. The second-order valence-corrected chi connectivity index (χ2v) is 7.35. The Hall–Kier alpha value is -1.88. The molecule has 1 aromatic carbocycles. The van der Waals surface area contributed by atoms with Gasteiger partial charge in [-0.15, -0.1) is 0 Å². The van der Waals surface area contributed by atoms with Crippen LogP contribution in [-0.2, 0) is 14.3 Å². The van der Waals surface area contributed by atoms with Gasteiger partial charge in [-0.1, -0.05) is 36.8 Å². The van der Waals surface area contributed by atoms with E-state index in [1.807, 2.05) is 18.2 Å². The molecule has 0 radical (unpaired) electrons. The lowest BCUT2D eigenvalue weighted by atomic mass is 9.89. The molecule has 1 saturated heterocycles. The first-order valence-corrected chi connectivity index (χ1v) is 9.69. The van der Waals surface area contributed by atoms with Crippen molar-refractivity contribution in [1.29, 1.82) is 0 Å². The van der Waals surface area contributed by atoms with Crippen molar-refractivity contribution in [3.63, 3.8) is 0 Å². The minimum Gasteiger partial charge on any atom is -0.469 e. The van der Waals surface area contributed by atoms with Crippen molar-refractivity contribution in [2.75, 3.05) is 27.4 Å². The van der Waals surface area contributed by atoms with Gasteiger partial charge in [0.25, 0.3) is 0 Å². The summed E-state index contributed by atoms with van der Waals surface area (Å²) in [4.78, 5) is 12.1. The van der Waals surface area contributed by atoms with E-state index in [-0.39, 0.29) is 11.9 Å². The first kappa shape index (κ1) is 18.9. The van der Waals surface area contributed by atoms with Crippen LogP contribution < -0.4 is 0 Å². The molecule has 1 aromatic rings. The van der Waals surface area contributed by atoms with Gasteiger partial charge in [0.15, 0.2) is 0 Å². The van der Waals surface area contributed by atoms with Crippen molar-refractivity contribution in [2.45, 2.75) is 44.6 Å². The van der Waals surface area contributed by atoms with Crippen LogP contribution in [0.5, 0.6) is 0 Å². The summed E-state index contributed by atoms with van der Waals surface area (Å²) >= 11 is 0. The number of hydrazone groups is 1. The molecule has 2 fully saturated rings. The second kappa shape index (κ2) is 9.17. The maximum Gasteiger partial charge on any atom is 0.308 e. The van der Waals surface area contributed by atoms with Gasteiger partial charge in [-0.3, -0.25) is 9.80 Å². The van der Waals surface area contributed by atoms with Crippen LogP contribution in [0, 0.1) is 11.8 Å². The van der Waals surface area contributed by atoms with Crippen molar-refractivity contribution in [1.82, 2.24) is 5.01 Å². The predicted molar refractivity (Wildman–Crippen MR) is 102 cm³/mol. The second-order valence-electron chi connectivity index (χ2n) is 7.35. The number of hydrogen-bond acceptors (Lipinski definition) is 5. The highest BCUT2D eigenvalue weighted by Crippen LogP contribution is 2.36. The first-order valence-electron chi connectivity index (χ1n) is 9.69. The molecule has 0 spiro atoms. The number of methoxy groups -OCH3 is 2. The number of hydrogen-bond donors (Lipinski definition) is 0. The SMILES string of the molecule is COC[C@@H]1CCCN1/N=C(\C[C@H]1CCC[C@@H]1C(=O)OC)c1ccccc1. The zero-order valence-corrected chi connectivity index (χ0v) is 15.9. The molecule has 5 nitrogen and oxygen atoms in total. The van der Waals surface area contributed by atoms with E-state index < -0.39 is 0 Å². The third-order valence-electron chi connectivity index (χ3n) is 5.68. The normalized spacial score (nSPS) is 26.3. The van der Waals surface area contributed by atoms with Gasteiger partial charge in [0, 0.05) is 13.7 Å². The van der Waals surface area contributed by atoms with Crippen LogP contribution in [0.2, 0.25) is 0 Å². The molecule has 0 amide bonds. The van der Waals surface area contributed by atoms with Crippen LogP contribution >= 0.6 is 0 Å². The number of rotatable bonds is 7. The highest BCUT2D eigenvalue weighted by Gasteiger charge is 2.35. The van der Waals surface area contributed by atoms with Crippen LogP contribution in [0.4, 0.5) is 0 Å². The molecule has 0 aromatic heterocycles. The lowest BCUT2D eigenvalue weighted by Crippen LogP contribution is -2.30. The van der Waals surface area contributed by atoms with E-state index in [1.54, 1.807) is 7.11 Å². The van der Waals surface area contributed by atoms with Crippen molar-refractivity contribution in [2.24, 2.45) is 16.9 Å². The van der Waals surface area contributed by atoms with Gasteiger partial charge >= 0.3 is 5.97 Å². The largest absolute Gasteiger partial charge is 0.469 e. The first-order chi connectivity index (χ1) is 12.7. The molecule has 142 valence electrons. The number of carbonyl (C=O) groups excluding carboxylic acids is 1. The quantitative estimate of drug-likeness (QED) is 0.553. The van der Waals surface area contributed by atoms with Crippen LogP contribution in [0.25, 0.3) is 0 Å². The average molecular weight is 358 g/mol. The molecule has 3 atom stereocenters. The van der Waals surface area contributed by atoms with Gasteiger partial charge in [0.2, 0.25) is 0 Å². The van der Waals surface area contributed by atoms with Crippen LogP contribution in [0.3, 0.4) is 0 Å². The fourth-order valence-electron chi connectivity index (χ4n) is 4.31. The topological polar surface area (TPSA) is 51.1 Å². The third kappa shape index (κ3) is 4.44. The molecule has 0 N–H and O–H groups in total. The van der Waals surface area contributed by atoms with Crippen molar-refractivity contribution >= 4 is 11.7 Å². The van der Waals surface area contributed by atoms with Crippen molar-refractivity contribution in [3.05, 3.63) is 35.9 Å². The Labute approximate surface area is 156 Å². The van der Waals surface area contributed by atoms with Crippen molar-refractivity contribution in [3.8, 4) is 0 Å². The summed E-state index contributed by atoms with van der Waals surface area (Å²) in [6.45, 7) is 1.68.